The van der Waals surface area contributed by atoms with Gasteiger partial charge in [0.25, 0.3) is 5.91 Å². The maximum Gasteiger partial charge on any atom is 0.263 e. The SMILES string of the molecule is Cc1noc(C)c1C(=O)Nc1nnc(Sc2ccnc3ccccc23)s1.O=C(CCCc1ccccc1)Nc1nnc(Sc2ccnc3ccccc23)s1.O=C(Cc1ccc(F)cc1)Nc1nnc(Sc2ccnc3ccccc23)s1.O=C(Cc1cccs1)Nc1nnc(Sc2ccnc3ccccc23)s1. The van der Waals surface area contributed by atoms with Crippen LogP contribution in [0.3, 0.4) is 0 Å². The van der Waals surface area contributed by atoms with E-state index in [-0.39, 0.29) is 35.9 Å². The van der Waals surface area contributed by atoms with E-state index in [0.29, 0.717) is 50.4 Å². The molecule has 6 aromatic carbocycles. The first-order chi connectivity index (χ1) is 51.8. The summed E-state index contributed by atoms with van der Waals surface area (Å²) in [6.45, 7) is 3.42. The summed E-state index contributed by atoms with van der Waals surface area (Å²) < 4.78 is 21.0. The van der Waals surface area contributed by atoms with Crippen molar-refractivity contribution in [1.82, 2.24) is 65.9 Å². The maximum atomic E-state index is 12.9. The van der Waals surface area contributed by atoms with Crippen LogP contribution in [0.15, 0.2) is 260 Å². The molecule has 32 heteroatoms. The summed E-state index contributed by atoms with van der Waals surface area (Å²) in [7, 11) is 0. The molecule has 16 rings (SSSR count). The summed E-state index contributed by atoms with van der Waals surface area (Å²) in [6, 6.07) is 59.5. The van der Waals surface area contributed by atoms with Gasteiger partial charge in [-0.25, -0.2) is 4.39 Å². The summed E-state index contributed by atoms with van der Waals surface area (Å²) in [5.41, 5.74) is 6.68. The number of rotatable bonds is 21. The van der Waals surface area contributed by atoms with Crippen molar-refractivity contribution in [2.45, 2.75) is 82.9 Å². The van der Waals surface area contributed by atoms with Gasteiger partial charge in [-0.05, 0) is 110 Å². The molecule has 0 saturated heterocycles. The normalized spacial score (nSPS) is 10.9. The fourth-order valence-corrected chi connectivity index (χ4v) is 18.2. The van der Waals surface area contributed by atoms with Gasteiger partial charge in [0.05, 0.1) is 40.6 Å². The molecule has 0 aliphatic heterocycles. The number of thiophene rings is 1. The number of carbonyl (C=O) groups excluding carboxylic acids is 4. The minimum atomic E-state index is -0.325. The van der Waals surface area contributed by atoms with Crippen LogP contribution in [0.2, 0.25) is 0 Å². The maximum absolute atomic E-state index is 12.9. The van der Waals surface area contributed by atoms with E-state index in [4.69, 9.17) is 4.52 Å². The Bertz CT molecular complexity index is 5650. The van der Waals surface area contributed by atoms with Crippen LogP contribution in [0.25, 0.3) is 43.6 Å². The molecule has 4 N–H and O–H groups in total. The van der Waals surface area contributed by atoms with Gasteiger partial charge < -0.3 is 20.5 Å². The van der Waals surface area contributed by atoms with Crippen molar-refractivity contribution in [3.05, 3.63) is 257 Å². The van der Waals surface area contributed by atoms with Crippen molar-refractivity contribution in [3.63, 3.8) is 0 Å². The number of nitrogens with one attached hydrogen (secondary N) is 4. The third-order valence-electron chi connectivity index (χ3n) is 15.0. The molecule has 0 aliphatic carbocycles. The van der Waals surface area contributed by atoms with E-state index in [2.05, 4.69) is 99.3 Å². The number of hydrogen-bond acceptors (Lipinski definition) is 27. The number of anilines is 4. The van der Waals surface area contributed by atoms with Gasteiger partial charge in [0.15, 0.2) is 17.4 Å². The van der Waals surface area contributed by atoms with E-state index in [9.17, 15) is 23.6 Å². The topological polar surface area (TPSA) is 297 Å². The molecule has 0 atom stereocenters. The third-order valence-corrected chi connectivity index (χ3v) is 23.7. The molecule has 0 unspecified atom stereocenters. The Balaban J connectivity index is 0.000000125. The van der Waals surface area contributed by atoms with Gasteiger partial charge in [-0.3, -0.25) is 44.4 Å². The van der Waals surface area contributed by atoms with Crippen LogP contribution >= 0.6 is 104 Å². The number of amides is 4. The number of pyridine rings is 4. The number of nitrogens with zero attached hydrogens (tertiary/aromatic N) is 13. The van der Waals surface area contributed by atoms with E-state index in [0.717, 1.165) is 104 Å². The van der Waals surface area contributed by atoms with E-state index >= 15 is 0 Å². The number of fused-ring (bicyclic) bond motifs is 4. The van der Waals surface area contributed by atoms with E-state index in [1.165, 1.54) is 110 Å². The highest BCUT2D eigenvalue weighted by Crippen LogP contribution is 2.40. The first kappa shape index (κ1) is 73.6. The van der Waals surface area contributed by atoms with E-state index < -0.39 is 0 Å². The molecule has 22 nitrogen and oxygen atoms in total. The molecule has 10 aromatic heterocycles. The van der Waals surface area contributed by atoms with Crippen LogP contribution in [0, 0.1) is 19.7 Å². The van der Waals surface area contributed by atoms with Crippen molar-refractivity contribution in [3.8, 4) is 0 Å². The van der Waals surface area contributed by atoms with Crippen LogP contribution < -0.4 is 21.3 Å². The van der Waals surface area contributed by atoms with Gasteiger partial charge >= 0.3 is 0 Å². The Labute approximate surface area is 641 Å². The molecule has 106 heavy (non-hydrogen) atoms. The lowest BCUT2D eigenvalue weighted by atomic mass is 10.1. The molecule has 16 aromatic rings. The van der Waals surface area contributed by atoms with Crippen molar-refractivity contribution in [2.75, 3.05) is 21.3 Å². The molecule has 0 radical (unpaired) electrons. The first-order valence-corrected chi connectivity index (χ1v) is 39.6. The highest BCUT2D eigenvalue weighted by molar-refractivity contribution is 8.02. The molecule has 0 spiro atoms. The fourth-order valence-electron chi connectivity index (χ4n) is 10.1. The number of carbonyl (C=O) groups is 4. The Morgan fingerprint density at radius 2 is 0.811 bits per heavy atom. The smallest absolute Gasteiger partial charge is 0.263 e. The molecule has 528 valence electrons. The summed E-state index contributed by atoms with van der Waals surface area (Å²) in [4.78, 5) is 71.4. The zero-order chi connectivity index (χ0) is 73.0. The van der Waals surface area contributed by atoms with Gasteiger partial charge in [0.2, 0.25) is 38.2 Å². The van der Waals surface area contributed by atoms with Crippen molar-refractivity contribution < 1.29 is 28.1 Å². The number of para-hydroxylation sites is 4. The predicted molar refractivity (Wildman–Crippen MR) is 420 cm³/mol. The van der Waals surface area contributed by atoms with E-state index in [1.807, 2.05) is 157 Å². The van der Waals surface area contributed by atoms with Crippen LogP contribution in [0.4, 0.5) is 24.9 Å². The largest absolute Gasteiger partial charge is 0.361 e. The molecule has 4 amide bonds. The average molecular weight is 1570 g/mol. The third kappa shape index (κ3) is 20.4. The first-order valence-electron chi connectivity index (χ1n) is 32.2. The molecular weight excluding hydrogens is 1510 g/mol. The van der Waals surface area contributed by atoms with E-state index in [1.54, 1.807) is 62.1 Å². The van der Waals surface area contributed by atoms with Crippen LogP contribution in [-0.2, 0) is 33.6 Å². The lowest BCUT2D eigenvalue weighted by molar-refractivity contribution is -0.116. The minimum absolute atomic E-state index is 0.0296. The summed E-state index contributed by atoms with van der Waals surface area (Å²) >= 11 is 13.0. The average Bonchev–Trinajstić information content (AvgIpc) is 1.38. The Morgan fingerprint density at radius 3 is 1.22 bits per heavy atom. The quantitative estimate of drug-likeness (QED) is 0.0486. The Morgan fingerprint density at radius 1 is 0.415 bits per heavy atom. The van der Waals surface area contributed by atoms with Crippen molar-refractivity contribution in [2.24, 2.45) is 0 Å². The zero-order valence-electron chi connectivity index (χ0n) is 55.7. The van der Waals surface area contributed by atoms with Crippen LogP contribution in [0.1, 0.15) is 50.7 Å². The number of halogens is 1. The minimum Gasteiger partial charge on any atom is -0.361 e. The number of hydrogen-bond donors (Lipinski definition) is 4. The molecular formula is C74H56FN17O5S9. The molecule has 0 bridgehead atoms. The lowest BCUT2D eigenvalue weighted by Crippen LogP contribution is -2.14. The predicted octanol–water partition coefficient (Wildman–Crippen LogP) is 18.3. The van der Waals surface area contributed by atoms with Gasteiger partial charge in [-0.2, -0.15) is 0 Å². The van der Waals surface area contributed by atoms with Crippen molar-refractivity contribution in [1.29, 1.82) is 0 Å². The van der Waals surface area contributed by atoms with Crippen molar-refractivity contribution >= 4 is 191 Å². The highest BCUT2D eigenvalue weighted by atomic mass is 32.2. The number of aryl methyl sites for hydroxylation is 3. The highest BCUT2D eigenvalue weighted by Gasteiger charge is 2.21. The summed E-state index contributed by atoms with van der Waals surface area (Å²) in [5, 5.41) is 56.0. The molecule has 0 saturated carbocycles. The van der Waals surface area contributed by atoms with Gasteiger partial charge in [-0.15, -0.1) is 52.1 Å². The second-order valence-electron chi connectivity index (χ2n) is 22.4. The van der Waals surface area contributed by atoms with Crippen LogP contribution in [0.5, 0.6) is 0 Å². The second kappa shape index (κ2) is 36.4. The second-order valence-corrected chi connectivity index (χ2v) is 32.5. The van der Waals surface area contributed by atoms with Gasteiger partial charge in [0.1, 0.15) is 17.1 Å². The zero-order valence-corrected chi connectivity index (χ0v) is 63.1. The standard InChI is InChI=1S/C21H18N4OS2.C19H13FN4OS2.C17H13N5O2S2.C17H12N4OS3/c26-19(12-6-9-15-7-2-1-3-8-15)23-20-24-25-21(28-20)27-18-13-14-22-17-11-5-4-10-16(17)18;20-13-7-5-12(6-8-13)11-17(25)22-18-23-24-19(27-18)26-16-9-10-21-15-4-2-1-3-14(15)16;1-9-14(10(2)24-22-9)15(23)19-16-20-21-17(26-16)25-13-7-8-18-12-6-4-3-5-11(12)13;22-15(10-11-4-3-9-23-11)19-16-20-21-17(25-16)24-14-7-8-18-13-6-2-1-5-12(13)14/h1-5,7-8,10-11,13-14H,6,9,12H2,(H,23,24,26);1-10H,11H2,(H,22,23,25);3-8H,1-2H3,(H,19,20,23);1-9H,10H2,(H,19,20,22). The monoisotopic (exact) mass is 1570 g/mol. The Kier molecular flexibility index (Phi) is 25.2. The fraction of sp³-hybridized carbons (Fsp3) is 0.0946. The van der Waals surface area contributed by atoms with Gasteiger partial charge in [-0.1, -0.05) is 219 Å². The molecule has 0 fully saturated rings. The summed E-state index contributed by atoms with van der Waals surface area (Å²) in [5.74, 6) is -0.481. The number of benzene rings is 6. The Hall–Kier alpha value is -10.7. The molecule has 10 heterocycles. The van der Waals surface area contributed by atoms with Crippen LogP contribution in [-0.4, -0.2) is 89.5 Å². The lowest BCUT2D eigenvalue weighted by Gasteiger charge is -2.03. The van der Waals surface area contributed by atoms with Gasteiger partial charge in [0, 0.05) is 77.2 Å². The number of aromatic nitrogens is 13. The molecule has 0 aliphatic rings. The summed E-state index contributed by atoms with van der Waals surface area (Å²) in [6.07, 6.45) is 9.78.